The molecule has 2 aromatic carbocycles. The van der Waals surface area contributed by atoms with E-state index in [2.05, 4.69) is 47.1 Å². The first-order valence-electron chi connectivity index (χ1n) is 8.41. The van der Waals surface area contributed by atoms with Crippen LogP contribution < -0.4 is 5.32 Å². The molecule has 0 spiro atoms. The molecule has 0 aliphatic carbocycles. The molecule has 4 rings (SSSR count). The molecular weight excluding hydrogens is 298 g/mol. The fraction of sp³-hybridized carbons (Fsp3) is 0.250. The Bertz CT molecular complexity index is 874. The molecule has 1 amide bonds. The normalized spacial score (nSPS) is 15.0. The lowest BCUT2D eigenvalue weighted by molar-refractivity contribution is 0.0736. The second-order valence-corrected chi connectivity index (χ2v) is 6.27. The highest BCUT2D eigenvalue weighted by molar-refractivity contribution is 5.94. The van der Waals surface area contributed by atoms with Gasteiger partial charge in [-0.25, -0.2) is 0 Å². The molecule has 4 heteroatoms. The topological polar surface area (TPSA) is 37.3 Å². The van der Waals surface area contributed by atoms with Crippen molar-refractivity contribution in [2.24, 2.45) is 0 Å². The molecule has 0 bridgehead atoms. The second-order valence-electron chi connectivity index (χ2n) is 6.27. The summed E-state index contributed by atoms with van der Waals surface area (Å²) in [6.45, 7) is 5.42. The number of fused-ring (bicyclic) bond motifs is 1. The summed E-state index contributed by atoms with van der Waals surface area (Å²) < 4.78 is 2.23. The van der Waals surface area contributed by atoms with Crippen molar-refractivity contribution >= 4 is 16.8 Å². The molecule has 1 aliphatic heterocycles. The number of para-hydroxylation sites is 1. The van der Waals surface area contributed by atoms with Gasteiger partial charge in [-0.1, -0.05) is 18.2 Å². The molecule has 0 unspecified atom stereocenters. The van der Waals surface area contributed by atoms with E-state index in [4.69, 9.17) is 0 Å². The SMILES string of the molecule is Cc1cc2ccccc2n1-c1ccc(C(=O)N2CCNCC2)cc1. The van der Waals surface area contributed by atoms with Gasteiger partial charge in [-0.05, 0) is 43.3 Å². The molecular formula is C20H21N3O. The van der Waals surface area contributed by atoms with E-state index in [0.29, 0.717) is 0 Å². The van der Waals surface area contributed by atoms with Gasteiger partial charge in [-0.2, -0.15) is 0 Å². The van der Waals surface area contributed by atoms with E-state index in [0.717, 1.165) is 37.4 Å². The van der Waals surface area contributed by atoms with Crippen LogP contribution in [0.15, 0.2) is 54.6 Å². The van der Waals surface area contributed by atoms with Gasteiger partial charge in [0.25, 0.3) is 5.91 Å². The van der Waals surface area contributed by atoms with Gasteiger partial charge in [0.05, 0.1) is 5.52 Å². The van der Waals surface area contributed by atoms with Crippen LogP contribution in [-0.2, 0) is 0 Å². The Morgan fingerprint density at radius 2 is 1.71 bits per heavy atom. The summed E-state index contributed by atoms with van der Waals surface area (Å²) >= 11 is 0. The van der Waals surface area contributed by atoms with Crippen molar-refractivity contribution < 1.29 is 4.79 Å². The summed E-state index contributed by atoms with van der Waals surface area (Å²) in [4.78, 5) is 14.5. The molecule has 4 nitrogen and oxygen atoms in total. The summed E-state index contributed by atoms with van der Waals surface area (Å²) in [5, 5.41) is 4.51. The van der Waals surface area contributed by atoms with Crippen molar-refractivity contribution in [3.05, 3.63) is 65.9 Å². The highest BCUT2D eigenvalue weighted by Gasteiger charge is 2.18. The molecule has 122 valence electrons. The Hall–Kier alpha value is -2.59. The zero-order chi connectivity index (χ0) is 16.5. The first kappa shape index (κ1) is 15.0. The number of carbonyl (C=O) groups excluding carboxylic acids is 1. The molecule has 2 heterocycles. The van der Waals surface area contributed by atoms with Crippen LogP contribution >= 0.6 is 0 Å². The highest BCUT2D eigenvalue weighted by atomic mass is 16.2. The van der Waals surface area contributed by atoms with Crippen LogP contribution in [0.5, 0.6) is 0 Å². The third-order valence-electron chi connectivity index (χ3n) is 4.67. The third kappa shape index (κ3) is 2.59. The summed E-state index contributed by atoms with van der Waals surface area (Å²) in [7, 11) is 0. The molecule has 0 atom stereocenters. The van der Waals surface area contributed by atoms with E-state index in [1.807, 2.05) is 29.2 Å². The maximum Gasteiger partial charge on any atom is 0.253 e. The number of aryl methyl sites for hydroxylation is 1. The van der Waals surface area contributed by atoms with E-state index < -0.39 is 0 Å². The predicted molar refractivity (Wildman–Crippen MR) is 96.8 cm³/mol. The van der Waals surface area contributed by atoms with Crippen molar-refractivity contribution in [2.45, 2.75) is 6.92 Å². The van der Waals surface area contributed by atoms with Crippen LogP contribution in [0, 0.1) is 6.92 Å². The lowest BCUT2D eigenvalue weighted by Gasteiger charge is -2.27. The number of hydrogen-bond acceptors (Lipinski definition) is 2. The number of nitrogens with one attached hydrogen (secondary N) is 1. The molecule has 1 fully saturated rings. The monoisotopic (exact) mass is 319 g/mol. The minimum atomic E-state index is 0.122. The average Bonchev–Trinajstić information content (AvgIpc) is 2.98. The van der Waals surface area contributed by atoms with Crippen LogP contribution in [0.4, 0.5) is 0 Å². The Morgan fingerprint density at radius 3 is 2.46 bits per heavy atom. The lowest BCUT2D eigenvalue weighted by Crippen LogP contribution is -2.46. The summed E-state index contributed by atoms with van der Waals surface area (Å²) in [5.41, 5.74) is 4.23. The van der Waals surface area contributed by atoms with E-state index >= 15 is 0 Å². The van der Waals surface area contributed by atoms with Crippen LogP contribution in [0.25, 0.3) is 16.6 Å². The molecule has 1 aliphatic rings. The van der Waals surface area contributed by atoms with E-state index in [-0.39, 0.29) is 5.91 Å². The van der Waals surface area contributed by atoms with Crippen molar-refractivity contribution in [1.82, 2.24) is 14.8 Å². The maximum atomic E-state index is 12.6. The molecule has 3 aromatic rings. The first-order chi connectivity index (χ1) is 11.7. The molecule has 1 N–H and O–H groups in total. The third-order valence-corrected chi connectivity index (χ3v) is 4.67. The maximum absolute atomic E-state index is 12.6. The van der Waals surface area contributed by atoms with Crippen molar-refractivity contribution in [3.63, 3.8) is 0 Å². The molecule has 0 saturated carbocycles. The van der Waals surface area contributed by atoms with Gasteiger partial charge in [0.1, 0.15) is 0 Å². The van der Waals surface area contributed by atoms with E-state index in [1.165, 1.54) is 16.6 Å². The minimum absolute atomic E-state index is 0.122. The molecule has 24 heavy (non-hydrogen) atoms. The Labute approximate surface area is 141 Å². The fourth-order valence-corrected chi connectivity index (χ4v) is 3.44. The smallest absolute Gasteiger partial charge is 0.253 e. The fourth-order valence-electron chi connectivity index (χ4n) is 3.44. The van der Waals surface area contributed by atoms with Crippen LogP contribution in [-0.4, -0.2) is 41.6 Å². The first-order valence-corrected chi connectivity index (χ1v) is 8.41. The summed E-state index contributed by atoms with van der Waals surface area (Å²) in [6, 6.07) is 18.5. The van der Waals surface area contributed by atoms with Crippen LogP contribution in [0.2, 0.25) is 0 Å². The van der Waals surface area contributed by atoms with Crippen molar-refractivity contribution in [3.8, 4) is 5.69 Å². The van der Waals surface area contributed by atoms with Gasteiger partial charge in [-0.3, -0.25) is 4.79 Å². The number of piperazine rings is 1. The van der Waals surface area contributed by atoms with E-state index in [1.54, 1.807) is 0 Å². The molecule has 1 saturated heterocycles. The van der Waals surface area contributed by atoms with Gasteiger partial charge in [0, 0.05) is 48.5 Å². The van der Waals surface area contributed by atoms with Crippen LogP contribution in [0.1, 0.15) is 16.1 Å². The summed E-state index contributed by atoms with van der Waals surface area (Å²) in [5.74, 6) is 0.122. The van der Waals surface area contributed by atoms with Crippen molar-refractivity contribution in [2.75, 3.05) is 26.2 Å². The van der Waals surface area contributed by atoms with Crippen molar-refractivity contribution in [1.29, 1.82) is 0 Å². The van der Waals surface area contributed by atoms with Gasteiger partial charge < -0.3 is 14.8 Å². The Morgan fingerprint density at radius 1 is 1.00 bits per heavy atom. The second kappa shape index (κ2) is 6.13. The number of hydrogen-bond donors (Lipinski definition) is 1. The number of benzene rings is 2. The van der Waals surface area contributed by atoms with Gasteiger partial charge in [-0.15, -0.1) is 0 Å². The molecule has 1 aromatic heterocycles. The average molecular weight is 319 g/mol. The highest BCUT2D eigenvalue weighted by Crippen LogP contribution is 2.24. The summed E-state index contributed by atoms with van der Waals surface area (Å²) in [6.07, 6.45) is 0. The Balaban J connectivity index is 1.66. The van der Waals surface area contributed by atoms with Crippen LogP contribution in [0.3, 0.4) is 0 Å². The number of amides is 1. The Kier molecular flexibility index (Phi) is 3.82. The standard InChI is InChI=1S/C20H21N3O/c1-15-14-17-4-2-3-5-19(17)23(15)18-8-6-16(7-9-18)20(24)22-12-10-21-11-13-22/h2-9,14,21H,10-13H2,1H3. The molecule has 0 radical (unpaired) electrons. The zero-order valence-electron chi connectivity index (χ0n) is 13.8. The lowest BCUT2D eigenvalue weighted by atomic mass is 10.1. The van der Waals surface area contributed by atoms with Gasteiger partial charge in [0.2, 0.25) is 0 Å². The van der Waals surface area contributed by atoms with Gasteiger partial charge in [0.15, 0.2) is 0 Å². The number of carbonyl (C=O) groups is 1. The minimum Gasteiger partial charge on any atom is -0.336 e. The predicted octanol–water partition coefficient (Wildman–Crippen LogP) is 2.98. The quantitative estimate of drug-likeness (QED) is 0.788. The number of rotatable bonds is 2. The zero-order valence-corrected chi connectivity index (χ0v) is 13.8. The largest absolute Gasteiger partial charge is 0.336 e. The van der Waals surface area contributed by atoms with Gasteiger partial charge >= 0.3 is 0 Å². The van der Waals surface area contributed by atoms with E-state index in [9.17, 15) is 4.79 Å². The number of aromatic nitrogens is 1. The number of nitrogens with zero attached hydrogens (tertiary/aromatic N) is 2.